The van der Waals surface area contributed by atoms with Gasteiger partial charge in [0.05, 0.1) is 6.42 Å². The molecular weight excluding hydrogens is 538 g/mol. The van der Waals surface area contributed by atoms with Gasteiger partial charge in [0.2, 0.25) is 11.5 Å². The summed E-state index contributed by atoms with van der Waals surface area (Å²) in [7, 11) is 1.57. The summed E-state index contributed by atoms with van der Waals surface area (Å²) < 4.78 is 15.9. The van der Waals surface area contributed by atoms with E-state index < -0.39 is 35.4 Å². The highest BCUT2D eigenvalue weighted by atomic mass is 35.5. The minimum atomic E-state index is -0.945. The molecule has 1 unspecified atom stereocenters. The summed E-state index contributed by atoms with van der Waals surface area (Å²) >= 11 is 6.12. The lowest BCUT2D eigenvalue weighted by atomic mass is 10.1. The molecule has 0 spiro atoms. The second kappa shape index (κ2) is 16.3. The van der Waals surface area contributed by atoms with Crippen LogP contribution in [0.5, 0.6) is 0 Å². The fourth-order valence-corrected chi connectivity index (χ4v) is 3.68. The van der Waals surface area contributed by atoms with Crippen LogP contribution in [-0.2, 0) is 36.8 Å². The lowest BCUT2D eigenvalue weighted by Gasteiger charge is -2.23. The average Bonchev–Trinajstić information content (AvgIpc) is 2.91. The second-order valence-corrected chi connectivity index (χ2v) is 10.4. The van der Waals surface area contributed by atoms with E-state index in [0.717, 1.165) is 11.1 Å². The van der Waals surface area contributed by atoms with E-state index in [1.807, 2.05) is 6.07 Å². The minimum absolute atomic E-state index is 0.0000107. The number of carbonyl (C=O) groups excluding carboxylic acids is 4. The zero-order chi connectivity index (χ0) is 29.5. The van der Waals surface area contributed by atoms with Crippen molar-refractivity contribution in [1.82, 2.24) is 16.0 Å². The number of nitrogens with one attached hydrogen (secondary N) is 3. The summed E-state index contributed by atoms with van der Waals surface area (Å²) in [6, 6.07) is 15.1. The quantitative estimate of drug-likeness (QED) is 0.136. The third-order valence-corrected chi connectivity index (χ3v) is 5.83. The number of ether oxygens (including phenoxy) is 3. The van der Waals surface area contributed by atoms with Crippen molar-refractivity contribution in [3.8, 4) is 0 Å². The molecule has 0 aliphatic carbocycles. The van der Waals surface area contributed by atoms with Gasteiger partial charge < -0.3 is 30.2 Å². The van der Waals surface area contributed by atoms with Gasteiger partial charge in [-0.2, -0.15) is 0 Å². The number of hydrogen-bond donors (Lipinski definition) is 3. The first-order valence-corrected chi connectivity index (χ1v) is 13.5. The molecule has 0 aliphatic heterocycles. The van der Waals surface area contributed by atoms with E-state index >= 15 is 0 Å². The molecule has 2 aromatic rings. The van der Waals surface area contributed by atoms with Crippen molar-refractivity contribution in [3.05, 3.63) is 71.3 Å². The molecule has 40 heavy (non-hydrogen) atoms. The summed E-state index contributed by atoms with van der Waals surface area (Å²) in [5.41, 5.74) is 0.581. The van der Waals surface area contributed by atoms with Crippen LogP contribution in [0.1, 0.15) is 62.3 Å². The number of amides is 3. The normalized spacial score (nSPS) is 12.4. The van der Waals surface area contributed by atoms with Gasteiger partial charge in [-0.3, -0.25) is 4.79 Å². The van der Waals surface area contributed by atoms with Gasteiger partial charge in [0.1, 0.15) is 18.2 Å². The van der Waals surface area contributed by atoms with Crippen LogP contribution in [0.4, 0.5) is 9.59 Å². The fraction of sp³-hybridized carbons (Fsp3) is 0.448. The number of esters is 1. The van der Waals surface area contributed by atoms with E-state index in [-0.39, 0.29) is 31.9 Å². The van der Waals surface area contributed by atoms with Crippen LogP contribution in [0.3, 0.4) is 0 Å². The Morgan fingerprint density at radius 1 is 0.900 bits per heavy atom. The van der Waals surface area contributed by atoms with Crippen LogP contribution < -0.4 is 16.0 Å². The van der Waals surface area contributed by atoms with Crippen LogP contribution in [0.15, 0.2) is 54.6 Å². The van der Waals surface area contributed by atoms with Gasteiger partial charge >= 0.3 is 18.2 Å². The molecule has 3 amide bonds. The molecule has 0 saturated heterocycles. The Morgan fingerprint density at radius 3 is 2.17 bits per heavy atom. The first-order chi connectivity index (χ1) is 19.0. The van der Waals surface area contributed by atoms with E-state index in [1.54, 1.807) is 76.3 Å². The largest absolute Gasteiger partial charge is 0.459 e. The predicted octanol–water partition coefficient (Wildman–Crippen LogP) is 4.75. The van der Waals surface area contributed by atoms with Crippen LogP contribution in [0.2, 0.25) is 0 Å². The average molecular weight is 576 g/mol. The molecule has 3 N–H and O–H groups in total. The van der Waals surface area contributed by atoms with Crippen molar-refractivity contribution in [1.29, 1.82) is 0 Å². The van der Waals surface area contributed by atoms with E-state index in [9.17, 15) is 19.2 Å². The molecule has 0 fully saturated rings. The number of alkyl carbamates (subject to hydrolysis) is 2. The summed E-state index contributed by atoms with van der Waals surface area (Å²) in [5.74, 6) is -0.710. The Labute approximate surface area is 240 Å². The smallest absolute Gasteiger partial charge is 0.408 e. The number of likely N-dealkylation sites (N-methyl/N-ethyl adjacent to an activating group) is 1. The number of alkyl halides is 1. The van der Waals surface area contributed by atoms with Gasteiger partial charge in [-0.15, -0.1) is 0 Å². The van der Waals surface area contributed by atoms with Gasteiger partial charge in [0, 0.05) is 19.2 Å². The molecule has 0 aromatic heterocycles. The van der Waals surface area contributed by atoms with Crippen molar-refractivity contribution in [2.24, 2.45) is 0 Å². The fourth-order valence-electron chi connectivity index (χ4n) is 3.45. The molecule has 2 rings (SSSR count). The van der Waals surface area contributed by atoms with Gasteiger partial charge in [-0.05, 0) is 51.2 Å². The number of unbranched alkanes of at least 4 members (excludes halogenated alkanes) is 1. The number of carbonyl (C=O) groups is 4. The number of hydrogen-bond acceptors (Lipinski definition) is 7. The highest BCUT2D eigenvalue weighted by molar-refractivity contribution is 6.20. The van der Waals surface area contributed by atoms with Crippen LogP contribution >= 0.6 is 11.6 Å². The van der Waals surface area contributed by atoms with E-state index in [0.29, 0.717) is 18.4 Å². The number of halogens is 1. The Kier molecular flexibility index (Phi) is 13.2. The monoisotopic (exact) mass is 575 g/mol. The van der Waals surface area contributed by atoms with E-state index in [4.69, 9.17) is 25.8 Å². The zero-order valence-corrected chi connectivity index (χ0v) is 24.1. The summed E-state index contributed by atoms with van der Waals surface area (Å²) in [4.78, 5) is 48.7. The maximum atomic E-state index is 12.8. The molecule has 2 atom stereocenters. The van der Waals surface area contributed by atoms with Crippen LogP contribution in [0, 0.1) is 0 Å². The van der Waals surface area contributed by atoms with Gasteiger partial charge in [0.15, 0.2) is 0 Å². The number of rotatable bonds is 13. The summed E-state index contributed by atoms with van der Waals surface area (Å²) in [6.07, 6.45) is 0.135. The van der Waals surface area contributed by atoms with Crippen molar-refractivity contribution < 1.29 is 33.4 Å². The maximum Gasteiger partial charge on any atom is 0.408 e. The Bertz CT molecular complexity index is 1100. The van der Waals surface area contributed by atoms with Crippen LogP contribution in [-0.4, -0.2) is 49.3 Å². The lowest BCUT2D eigenvalue weighted by molar-refractivity contribution is -0.147. The highest BCUT2D eigenvalue weighted by Crippen LogP contribution is 2.21. The lowest BCUT2D eigenvalue weighted by Crippen LogP contribution is -2.44. The van der Waals surface area contributed by atoms with Gasteiger partial charge in [0.25, 0.3) is 0 Å². The molecule has 10 nitrogen and oxygen atoms in total. The molecule has 2 aromatic carbocycles. The van der Waals surface area contributed by atoms with Crippen molar-refractivity contribution in [3.63, 3.8) is 0 Å². The third-order valence-electron chi connectivity index (χ3n) is 5.48. The Balaban J connectivity index is 1.84. The highest BCUT2D eigenvalue weighted by Gasteiger charge is 2.25. The summed E-state index contributed by atoms with van der Waals surface area (Å²) in [5, 5.41) is 7.78. The van der Waals surface area contributed by atoms with Crippen molar-refractivity contribution in [2.45, 2.75) is 70.3 Å². The van der Waals surface area contributed by atoms with Crippen molar-refractivity contribution in [2.75, 3.05) is 13.6 Å². The first kappa shape index (κ1) is 32.4. The van der Waals surface area contributed by atoms with E-state index in [1.165, 1.54) is 0 Å². The predicted molar refractivity (Wildman–Crippen MR) is 151 cm³/mol. The number of benzene rings is 2. The Morgan fingerprint density at radius 2 is 1.55 bits per heavy atom. The minimum Gasteiger partial charge on any atom is -0.459 e. The molecule has 0 saturated carbocycles. The first-order valence-electron chi connectivity index (χ1n) is 13.0. The molecule has 0 radical (unpaired) electrons. The molecule has 11 heteroatoms. The zero-order valence-electron chi connectivity index (χ0n) is 23.3. The standard InChI is InChI=1S/C29H38ClN3O7/c1-29(2,3)40-28(37)33-23(26(35)38-19-21-15-13-20(14-16-21)18-24(34)31-4)12-8-9-17-32-27(36)39-25(30)22-10-6-5-7-11-22/h5-7,10-11,13-16,23,25H,8-9,12,17-19H2,1-4H3,(H,31,34)(H,32,36)(H,33,37)/t23-,25?/m0/s1. The summed E-state index contributed by atoms with van der Waals surface area (Å²) in [6.45, 7) is 5.46. The molecular formula is C29H38ClN3O7. The molecule has 218 valence electrons. The third kappa shape index (κ3) is 12.8. The second-order valence-electron chi connectivity index (χ2n) is 10.0. The van der Waals surface area contributed by atoms with Crippen LogP contribution in [0.25, 0.3) is 0 Å². The maximum absolute atomic E-state index is 12.8. The molecule has 0 heterocycles. The molecule has 0 aliphatic rings. The Hall–Kier alpha value is -3.79. The van der Waals surface area contributed by atoms with E-state index in [2.05, 4.69) is 16.0 Å². The SMILES string of the molecule is CNC(=O)Cc1ccc(COC(=O)[C@H](CCCCNC(=O)OC(Cl)c2ccccc2)NC(=O)OC(C)(C)C)cc1. The molecule has 0 bridgehead atoms. The van der Waals surface area contributed by atoms with Gasteiger partial charge in [-0.25, -0.2) is 14.4 Å². The van der Waals surface area contributed by atoms with Crippen molar-refractivity contribution >= 4 is 35.7 Å². The topological polar surface area (TPSA) is 132 Å². The van der Waals surface area contributed by atoms with Gasteiger partial charge in [-0.1, -0.05) is 66.2 Å².